The lowest BCUT2D eigenvalue weighted by atomic mass is 10.2. The molecule has 0 radical (unpaired) electrons. The molecule has 3 heterocycles. The molecule has 26 heavy (non-hydrogen) atoms. The average molecular weight is 354 g/mol. The van der Waals surface area contributed by atoms with Crippen molar-refractivity contribution in [3.05, 3.63) is 53.0 Å². The number of nitrogens with zero attached hydrogens (tertiary/aromatic N) is 4. The lowest BCUT2D eigenvalue weighted by molar-refractivity contribution is 0.0916. The van der Waals surface area contributed by atoms with Crippen LogP contribution in [0.4, 0.5) is 0 Å². The van der Waals surface area contributed by atoms with E-state index in [1.54, 1.807) is 0 Å². The standard InChI is InChI=1S/C20H26N4O2/c1-14-4-5-19-15(8-14)9-16(22(19)2)11-23-6-3-7-24-17(12-23)10-18(21-24)20(26)13-25/h4-5,8-10,20,25-26H,3,6-7,11-13H2,1-2H3. The van der Waals surface area contributed by atoms with Crippen LogP contribution in [-0.2, 0) is 26.7 Å². The number of fused-ring (bicyclic) bond motifs is 2. The first-order chi connectivity index (χ1) is 12.5. The summed E-state index contributed by atoms with van der Waals surface area (Å²) in [6.07, 6.45) is 0.121. The summed E-state index contributed by atoms with van der Waals surface area (Å²) in [5.41, 5.74) is 5.50. The maximum Gasteiger partial charge on any atom is 0.121 e. The Kier molecular flexibility index (Phi) is 4.56. The summed E-state index contributed by atoms with van der Waals surface area (Å²) in [5, 5.41) is 24.8. The van der Waals surface area contributed by atoms with Gasteiger partial charge in [0.2, 0.25) is 0 Å². The molecule has 1 aromatic carbocycles. The monoisotopic (exact) mass is 354 g/mol. The van der Waals surface area contributed by atoms with E-state index in [9.17, 15) is 5.11 Å². The molecule has 1 atom stereocenters. The van der Waals surface area contributed by atoms with Crippen molar-refractivity contribution in [1.29, 1.82) is 0 Å². The lowest BCUT2D eigenvalue weighted by Crippen LogP contribution is -2.24. The van der Waals surface area contributed by atoms with Crippen molar-refractivity contribution >= 4 is 10.9 Å². The molecular weight excluding hydrogens is 328 g/mol. The molecule has 2 aromatic heterocycles. The second-order valence-electron chi connectivity index (χ2n) is 7.30. The van der Waals surface area contributed by atoms with Gasteiger partial charge in [-0.3, -0.25) is 9.58 Å². The van der Waals surface area contributed by atoms with Crippen LogP contribution in [0.2, 0.25) is 0 Å². The van der Waals surface area contributed by atoms with Crippen molar-refractivity contribution in [2.75, 3.05) is 13.2 Å². The van der Waals surface area contributed by atoms with Crippen LogP contribution >= 0.6 is 0 Å². The summed E-state index contributed by atoms with van der Waals surface area (Å²) < 4.78 is 4.25. The van der Waals surface area contributed by atoms with Crippen LogP contribution in [-0.4, -0.2) is 42.6 Å². The van der Waals surface area contributed by atoms with Gasteiger partial charge in [0, 0.05) is 49.8 Å². The molecule has 0 fully saturated rings. The Bertz CT molecular complexity index is 927. The fourth-order valence-electron chi connectivity index (χ4n) is 3.85. The van der Waals surface area contributed by atoms with Crippen molar-refractivity contribution in [1.82, 2.24) is 19.2 Å². The molecule has 1 aliphatic rings. The molecule has 0 aliphatic carbocycles. The van der Waals surface area contributed by atoms with Crippen LogP contribution in [0, 0.1) is 6.92 Å². The van der Waals surface area contributed by atoms with E-state index in [0.717, 1.165) is 38.3 Å². The van der Waals surface area contributed by atoms with Gasteiger partial charge < -0.3 is 14.8 Å². The predicted molar refractivity (Wildman–Crippen MR) is 101 cm³/mol. The molecule has 0 saturated carbocycles. The highest BCUT2D eigenvalue weighted by Crippen LogP contribution is 2.23. The molecule has 0 amide bonds. The van der Waals surface area contributed by atoms with Crippen LogP contribution < -0.4 is 0 Å². The first-order valence-corrected chi connectivity index (χ1v) is 9.18. The Balaban J connectivity index is 1.57. The van der Waals surface area contributed by atoms with E-state index in [4.69, 9.17) is 5.11 Å². The Labute approximate surface area is 153 Å². The highest BCUT2D eigenvalue weighted by atomic mass is 16.3. The van der Waals surface area contributed by atoms with Gasteiger partial charge in [-0.2, -0.15) is 5.10 Å². The van der Waals surface area contributed by atoms with Crippen LogP contribution in [0.5, 0.6) is 0 Å². The summed E-state index contributed by atoms with van der Waals surface area (Å²) in [6, 6.07) is 10.8. The number of aliphatic hydroxyl groups excluding tert-OH is 2. The van der Waals surface area contributed by atoms with E-state index >= 15 is 0 Å². The van der Waals surface area contributed by atoms with Gasteiger partial charge in [0.25, 0.3) is 0 Å². The van der Waals surface area contributed by atoms with E-state index in [0.29, 0.717) is 5.69 Å². The van der Waals surface area contributed by atoms with Crippen molar-refractivity contribution in [3.8, 4) is 0 Å². The van der Waals surface area contributed by atoms with E-state index in [2.05, 4.69) is 52.8 Å². The van der Waals surface area contributed by atoms with E-state index in [1.807, 2.05) is 10.7 Å². The van der Waals surface area contributed by atoms with Gasteiger partial charge in [-0.15, -0.1) is 0 Å². The zero-order valence-electron chi connectivity index (χ0n) is 15.4. The molecule has 4 rings (SSSR count). The molecule has 6 heteroatoms. The molecule has 0 spiro atoms. The van der Waals surface area contributed by atoms with Crippen molar-refractivity contribution in [3.63, 3.8) is 0 Å². The van der Waals surface area contributed by atoms with Crippen LogP contribution in [0.15, 0.2) is 30.3 Å². The second kappa shape index (κ2) is 6.87. The van der Waals surface area contributed by atoms with E-state index in [1.165, 1.54) is 22.2 Å². The zero-order chi connectivity index (χ0) is 18.3. The van der Waals surface area contributed by atoms with E-state index in [-0.39, 0.29) is 6.61 Å². The number of aryl methyl sites for hydroxylation is 3. The Morgan fingerprint density at radius 1 is 1.19 bits per heavy atom. The highest BCUT2D eigenvalue weighted by Gasteiger charge is 2.20. The van der Waals surface area contributed by atoms with Gasteiger partial charge >= 0.3 is 0 Å². The minimum absolute atomic E-state index is 0.296. The number of benzene rings is 1. The Morgan fingerprint density at radius 2 is 2.04 bits per heavy atom. The predicted octanol–water partition coefficient (Wildman–Crippen LogP) is 2.11. The third kappa shape index (κ3) is 3.16. The Morgan fingerprint density at radius 3 is 2.85 bits per heavy atom. The molecule has 0 saturated heterocycles. The van der Waals surface area contributed by atoms with Gasteiger partial charge in [0.15, 0.2) is 0 Å². The van der Waals surface area contributed by atoms with Gasteiger partial charge in [-0.05, 0) is 37.6 Å². The van der Waals surface area contributed by atoms with Gasteiger partial charge in [-0.1, -0.05) is 11.6 Å². The molecule has 3 aromatic rings. The maximum atomic E-state index is 9.85. The van der Waals surface area contributed by atoms with E-state index < -0.39 is 6.10 Å². The maximum absolute atomic E-state index is 9.85. The van der Waals surface area contributed by atoms with Crippen molar-refractivity contribution in [2.24, 2.45) is 7.05 Å². The largest absolute Gasteiger partial charge is 0.393 e. The number of hydrogen-bond acceptors (Lipinski definition) is 4. The zero-order valence-corrected chi connectivity index (χ0v) is 15.4. The molecular formula is C20H26N4O2. The average Bonchev–Trinajstić information content (AvgIpc) is 3.09. The molecule has 1 unspecified atom stereocenters. The summed E-state index contributed by atoms with van der Waals surface area (Å²) >= 11 is 0. The second-order valence-corrected chi connectivity index (χ2v) is 7.30. The molecule has 0 bridgehead atoms. The summed E-state index contributed by atoms with van der Waals surface area (Å²) in [4.78, 5) is 2.43. The van der Waals surface area contributed by atoms with Gasteiger partial charge in [0.05, 0.1) is 18.0 Å². The third-order valence-electron chi connectivity index (χ3n) is 5.31. The smallest absolute Gasteiger partial charge is 0.121 e. The van der Waals surface area contributed by atoms with Gasteiger partial charge in [0.1, 0.15) is 6.10 Å². The minimum Gasteiger partial charge on any atom is -0.393 e. The number of hydrogen-bond donors (Lipinski definition) is 2. The summed E-state index contributed by atoms with van der Waals surface area (Å²) in [6.45, 7) is 5.37. The normalized spacial score (nSPS) is 16.6. The first kappa shape index (κ1) is 17.3. The summed E-state index contributed by atoms with van der Waals surface area (Å²) in [7, 11) is 2.13. The molecule has 2 N–H and O–H groups in total. The fourth-order valence-corrected chi connectivity index (χ4v) is 3.85. The molecule has 6 nitrogen and oxygen atoms in total. The first-order valence-electron chi connectivity index (χ1n) is 9.18. The minimum atomic E-state index is -0.899. The molecule has 138 valence electrons. The van der Waals surface area contributed by atoms with Crippen molar-refractivity contribution in [2.45, 2.75) is 39.1 Å². The van der Waals surface area contributed by atoms with Crippen molar-refractivity contribution < 1.29 is 10.2 Å². The number of aromatic nitrogens is 3. The quantitative estimate of drug-likeness (QED) is 0.753. The third-order valence-corrected chi connectivity index (χ3v) is 5.31. The van der Waals surface area contributed by atoms with Crippen LogP contribution in [0.3, 0.4) is 0 Å². The molecule has 1 aliphatic heterocycles. The SMILES string of the molecule is Cc1ccc2c(c1)cc(CN1CCCn3nc(C(O)CO)cc3C1)n2C. The fraction of sp³-hybridized carbons (Fsp3) is 0.450. The number of rotatable bonds is 4. The van der Waals surface area contributed by atoms with Crippen LogP contribution in [0.25, 0.3) is 10.9 Å². The van der Waals surface area contributed by atoms with Gasteiger partial charge in [-0.25, -0.2) is 0 Å². The topological polar surface area (TPSA) is 66.5 Å². The van der Waals surface area contributed by atoms with Crippen LogP contribution in [0.1, 0.15) is 35.2 Å². The Hall–Kier alpha value is -2.15. The lowest BCUT2D eigenvalue weighted by Gasteiger charge is -2.20. The highest BCUT2D eigenvalue weighted by molar-refractivity contribution is 5.82. The summed E-state index contributed by atoms with van der Waals surface area (Å²) in [5.74, 6) is 0. The number of aliphatic hydroxyl groups is 2.